The molecule has 6 nitrogen and oxygen atoms in total. The topological polar surface area (TPSA) is 74.6 Å². The van der Waals surface area contributed by atoms with Gasteiger partial charge in [0, 0.05) is 18.8 Å². The smallest absolute Gasteiger partial charge is 0.277 e. The molecular formula is C9H11N3O3. The fourth-order valence-corrected chi connectivity index (χ4v) is 1.50. The minimum absolute atomic E-state index is 0.00407. The van der Waals surface area contributed by atoms with Crippen LogP contribution in [0.2, 0.25) is 0 Å². The van der Waals surface area contributed by atoms with Gasteiger partial charge in [-0.3, -0.25) is 14.3 Å². The van der Waals surface area contributed by atoms with E-state index in [1.165, 1.54) is 21.8 Å². The Bertz CT molecular complexity index is 466. The van der Waals surface area contributed by atoms with Crippen LogP contribution in [0.15, 0.2) is 17.1 Å². The molecule has 80 valence electrons. The molecule has 0 aliphatic carbocycles. The summed E-state index contributed by atoms with van der Waals surface area (Å²) in [4.78, 5) is 24.5. The molecule has 1 aliphatic rings. The number of hydrogen-bond acceptors (Lipinski definition) is 4. The van der Waals surface area contributed by atoms with Crippen LogP contribution in [-0.2, 0) is 0 Å². The summed E-state index contributed by atoms with van der Waals surface area (Å²) in [5.74, 6) is -0.848. The molecule has 0 spiro atoms. The highest BCUT2D eigenvalue weighted by atomic mass is 16.3. The molecule has 6 heteroatoms. The molecule has 1 aromatic rings. The van der Waals surface area contributed by atoms with E-state index in [-0.39, 0.29) is 11.6 Å². The standard InChI is InChI=1S/C9H11N3O3/c1-2-11-5-10-12-4-3-6(13)8(14)7(12)9(11)15/h3-4,10,14H,2,5H2,1H3. The first-order valence-electron chi connectivity index (χ1n) is 4.63. The highest BCUT2D eigenvalue weighted by Gasteiger charge is 2.26. The molecule has 15 heavy (non-hydrogen) atoms. The second-order valence-corrected chi connectivity index (χ2v) is 3.22. The van der Waals surface area contributed by atoms with Crippen molar-refractivity contribution >= 4 is 5.91 Å². The van der Waals surface area contributed by atoms with E-state index in [0.717, 1.165) is 0 Å². The van der Waals surface area contributed by atoms with E-state index in [2.05, 4.69) is 5.43 Å². The van der Waals surface area contributed by atoms with Crippen molar-refractivity contribution in [2.24, 2.45) is 0 Å². The number of amides is 1. The number of hydrogen-bond donors (Lipinski definition) is 2. The zero-order valence-corrected chi connectivity index (χ0v) is 8.23. The van der Waals surface area contributed by atoms with Crippen molar-refractivity contribution < 1.29 is 9.90 Å². The van der Waals surface area contributed by atoms with Gasteiger partial charge in [-0.15, -0.1) is 0 Å². The van der Waals surface area contributed by atoms with Gasteiger partial charge < -0.3 is 15.4 Å². The molecule has 2 heterocycles. The van der Waals surface area contributed by atoms with Gasteiger partial charge in [-0.2, -0.15) is 0 Å². The predicted molar refractivity (Wildman–Crippen MR) is 53.3 cm³/mol. The molecule has 0 saturated carbocycles. The minimum Gasteiger partial charge on any atom is -0.502 e. The third kappa shape index (κ3) is 1.34. The highest BCUT2D eigenvalue weighted by Crippen LogP contribution is 2.15. The van der Waals surface area contributed by atoms with Crippen molar-refractivity contribution in [2.75, 3.05) is 18.6 Å². The molecule has 0 radical (unpaired) electrons. The van der Waals surface area contributed by atoms with Gasteiger partial charge in [-0.25, -0.2) is 0 Å². The number of carbonyl (C=O) groups is 1. The van der Waals surface area contributed by atoms with Crippen molar-refractivity contribution in [1.29, 1.82) is 0 Å². The summed E-state index contributed by atoms with van der Waals surface area (Å²) in [7, 11) is 0. The Balaban J connectivity index is 2.59. The summed E-state index contributed by atoms with van der Waals surface area (Å²) < 4.78 is 1.37. The van der Waals surface area contributed by atoms with Crippen molar-refractivity contribution in [3.05, 3.63) is 28.2 Å². The lowest BCUT2D eigenvalue weighted by Crippen LogP contribution is -2.46. The maximum atomic E-state index is 11.8. The first kappa shape index (κ1) is 9.57. The summed E-state index contributed by atoms with van der Waals surface area (Å²) in [5, 5.41) is 9.51. The van der Waals surface area contributed by atoms with Crippen LogP contribution in [0.5, 0.6) is 5.75 Å². The van der Waals surface area contributed by atoms with Crippen LogP contribution in [0, 0.1) is 0 Å². The Labute approximate surface area is 85.7 Å². The Morgan fingerprint density at radius 1 is 1.53 bits per heavy atom. The zero-order chi connectivity index (χ0) is 11.0. The molecule has 1 aliphatic heterocycles. The fraction of sp³-hybridized carbons (Fsp3) is 0.333. The second kappa shape index (κ2) is 3.30. The molecule has 1 aromatic heterocycles. The summed E-state index contributed by atoms with van der Waals surface area (Å²) in [5.41, 5.74) is 2.33. The van der Waals surface area contributed by atoms with Crippen molar-refractivity contribution in [2.45, 2.75) is 6.92 Å². The predicted octanol–water partition coefficient (Wildman–Crippen LogP) is -0.469. The van der Waals surface area contributed by atoms with E-state index in [1.54, 1.807) is 0 Å². The van der Waals surface area contributed by atoms with Crippen LogP contribution >= 0.6 is 0 Å². The monoisotopic (exact) mass is 209 g/mol. The van der Waals surface area contributed by atoms with E-state index in [1.807, 2.05) is 6.92 Å². The minimum atomic E-state index is -0.547. The van der Waals surface area contributed by atoms with Gasteiger partial charge >= 0.3 is 0 Å². The summed E-state index contributed by atoms with van der Waals surface area (Å²) >= 11 is 0. The number of carbonyl (C=O) groups excluding carboxylic acids is 1. The first-order valence-corrected chi connectivity index (χ1v) is 4.63. The van der Waals surface area contributed by atoms with Gasteiger partial charge in [0.05, 0.1) is 0 Å². The van der Waals surface area contributed by atoms with Gasteiger partial charge in [0.1, 0.15) is 6.67 Å². The molecule has 0 fully saturated rings. The highest BCUT2D eigenvalue weighted by molar-refractivity contribution is 5.95. The summed E-state index contributed by atoms with van der Waals surface area (Å²) in [6, 6.07) is 1.21. The second-order valence-electron chi connectivity index (χ2n) is 3.22. The quantitative estimate of drug-likeness (QED) is 0.655. The van der Waals surface area contributed by atoms with E-state index in [0.29, 0.717) is 13.2 Å². The van der Waals surface area contributed by atoms with Gasteiger partial charge in [0.15, 0.2) is 11.4 Å². The van der Waals surface area contributed by atoms with E-state index in [4.69, 9.17) is 0 Å². The number of aromatic hydroxyl groups is 1. The van der Waals surface area contributed by atoms with Crippen LogP contribution in [0.4, 0.5) is 0 Å². The molecule has 1 amide bonds. The largest absolute Gasteiger partial charge is 0.502 e. The Kier molecular flexibility index (Phi) is 2.11. The first-order chi connectivity index (χ1) is 7.15. The number of fused-ring (bicyclic) bond motifs is 1. The van der Waals surface area contributed by atoms with Gasteiger partial charge in [-0.1, -0.05) is 0 Å². The summed E-state index contributed by atoms with van der Waals surface area (Å²) in [6.07, 6.45) is 1.43. The average molecular weight is 209 g/mol. The SMILES string of the molecule is CCN1CNn2ccc(=O)c(O)c2C1=O. The van der Waals surface area contributed by atoms with Crippen molar-refractivity contribution in [1.82, 2.24) is 9.58 Å². The van der Waals surface area contributed by atoms with Gasteiger partial charge in [0.25, 0.3) is 5.91 Å². The van der Waals surface area contributed by atoms with Crippen LogP contribution in [0.3, 0.4) is 0 Å². The van der Waals surface area contributed by atoms with E-state index >= 15 is 0 Å². The lowest BCUT2D eigenvalue weighted by atomic mass is 10.2. The Morgan fingerprint density at radius 3 is 2.93 bits per heavy atom. The molecule has 0 unspecified atom stereocenters. The number of rotatable bonds is 1. The number of nitrogens with zero attached hydrogens (tertiary/aromatic N) is 2. The molecule has 0 atom stereocenters. The lowest BCUT2D eigenvalue weighted by molar-refractivity contribution is 0.0731. The maximum absolute atomic E-state index is 11.8. The molecule has 2 N–H and O–H groups in total. The van der Waals surface area contributed by atoms with Crippen LogP contribution in [0.1, 0.15) is 17.4 Å². The molecule has 0 bridgehead atoms. The fourth-order valence-electron chi connectivity index (χ4n) is 1.50. The van der Waals surface area contributed by atoms with E-state index < -0.39 is 11.2 Å². The average Bonchev–Trinajstić information content (AvgIpc) is 2.24. The molecule has 0 saturated heterocycles. The molecule has 2 rings (SSSR count). The van der Waals surface area contributed by atoms with Crippen molar-refractivity contribution in [3.63, 3.8) is 0 Å². The van der Waals surface area contributed by atoms with Crippen LogP contribution in [0.25, 0.3) is 0 Å². The van der Waals surface area contributed by atoms with Crippen molar-refractivity contribution in [3.8, 4) is 5.75 Å². The van der Waals surface area contributed by atoms with E-state index in [9.17, 15) is 14.7 Å². The Hall–Kier alpha value is -1.98. The maximum Gasteiger partial charge on any atom is 0.277 e. The summed E-state index contributed by atoms with van der Waals surface area (Å²) in [6.45, 7) is 2.71. The number of pyridine rings is 1. The van der Waals surface area contributed by atoms with Crippen LogP contribution < -0.4 is 10.9 Å². The molecular weight excluding hydrogens is 198 g/mol. The normalized spacial score (nSPS) is 14.7. The Morgan fingerprint density at radius 2 is 2.27 bits per heavy atom. The lowest BCUT2D eigenvalue weighted by Gasteiger charge is -2.30. The van der Waals surface area contributed by atoms with Crippen LogP contribution in [-0.4, -0.2) is 33.8 Å². The molecule has 0 aromatic carbocycles. The third-order valence-electron chi connectivity index (χ3n) is 2.38. The number of nitrogens with one attached hydrogen (secondary N) is 1. The third-order valence-corrected chi connectivity index (χ3v) is 2.38. The zero-order valence-electron chi connectivity index (χ0n) is 8.23. The van der Waals surface area contributed by atoms with Gasteiger partial charge in [0.2, 0.25) is 5.43 Å². The van der Waals surface area contributed by atoms with Gasteiger partial charge in [-0.05, 0) is 6.92 Å². The number of aromatic nitrogens is 1.